The van der Waals surface area contributed by atoms with Gasteiger partial charge < -0.3 is 18.9 Å². The fourth-order valence-corrected chi connectivity index (χ4v) is 3.45. The molecule has 2 atom stereocenters. The van der Waals surface area contributed by atoms with Crippen LogP contribution < -0.4 is 0 Å². The van der Waals surface area contributed by atoms with Crippen molar-refractivity contribution in [3.8, 4) is 24.7 Å². The minimum absolute atomic E-state index is 0.295. The smallest absolute Gasteiger partial charge is 0.308 e. The van der Waals surface area contributed by atoms with Gasteiger partial charge in [-0.25, -0.2) is 0 Å². The second kappa shape index (κ2) is 19.6. The SMILES string of the molecule is C#CCCCCCCCCC(=O)OC1OCCOC1OC(=O)CCCCCCCCC#C. The first-order chi connectivity index (χ1) is 15.7. The Hall–Kier alpha value is -2.02. The Morgan fingerprint density at radius 3 is 1.34 bits per heavy atom. The Morgan fingerprint density at radius 2 is 0.969 bits per heavy atom. The molecule has 1 fully saturated rings. The van der Waals surface area contributed by atoms with Crippen LogP contribution in [0.1, 0.15) is 103 Å². The van der Waals surface area contributed by atoms with Crippen molar-refractivity contribution >= 4 is 11.9 Å². The molecule has 0 aromatic heterocycles. The average Bonchev–Trinajstić information content (AvgIpc) is 2.78. The maximum atomic E-state index is 12.1. The number of carbonyl (C=O) groups is 2. The topological polar surface area (TPSA) is 71.1 Å². The van der Waals surface area contributed by atoms with Crippen LogP contribution in [0.5, 0.6) is 0 Å². The van der Waals surface area contributed by atoms with E-state index in [1.807, 2.05) is 0 Å². The van der Waals surface area contributed by atoms with Crippen molar-refractivity contribution in [3.63, 3.8) is 0 Å². The summed E-state index contributed by atoms with van der Waals surface area (Å²) in [5.74, 6) is 4.56. The highest BCUT2D eigenvalue weighted by Gasteiger charge is 2.33. The lowest BCUT2D eigenvalue weighted by Gasteiger charge is -2.30. The van der Waals surface area contributed by atoms with E-state index in [0.29, 0.717) is 26.1 Å². The van der Waals surface area contributed by atoms with Crippen LogP contribution in [0.3, 0.4) is 0 Å². The number of carbonyl (C=O) groups excluding carboxylic acids is 2. The normalized spacial score (nSPS) is 17.8. The number of rotatable bonds is 18. The van der Waals surface area contributed by atoms with E-state index < -0.39 is 12.6 Å². The molecule has 180 valence electrons. The lowest BCUT2D eigenvalue weighted by atomic mass is 10.1. The molecule has 1 aliphatic rings. The summed E-state index contributed by atoms with van der Waals surface area (Å²) < 4.78 is 21.6. The van der Waals surface area contributed by atoms with E-state index in [1.165, 1.54) is 0 Å². The average molecular weight is 449 g/mol. The predicted molar refractivity (Wildman–Crippen MR) is 123 cm³/mol. The fourth-order valence-electron chi connectivity index (χ4n) is 3.45. The van der Waals surface area contributed by atoms with Gasteiger partial charge in [-0.1, -0.05) is 51.4 Å². The van der Waals surface area contributed by atoms with Crippen LogP contribution in [-0.2, 0) is 28.5 Å². The lowest BCUT2D eigenvalue weighted by Crippen LogP contribution is -2.44. The van der Waals surface area contributed by atoms with Gasteiger partial charge in [-0.2, -0.15) is 0 Å². The Bertz CT molecular complexity index is 536. The van der Waals surface area contributed by atoms with Crippen molar-refractivity contribution in [2.24, 2.45) is 0 Å². The maximum absolute atomic E-state index is 12.1. The zero-order valence-electron chi connectivity index (χ0n) is 19.5. The summed E-state index contributed by atoms with van der Waals surface area (Å²) in [6.07, 6.45) is 23.0. The molecule has 0 bridgehead atoms. The number of esters is 2. The van der Waals surface area contributed by atoms with E-state index in [4.69, 9.17) is 31.8 Å². The van der Waals surface area contributed by atoms with Crippen LogP contribution in [0.4, 0.5) is 0 Å². The molecule has 0 aliphatic carbocycles. The van der Waals surface area contributed by atoms with Gasteiger partial charge in [-0.15, -0.1) is 24.7 Å². The monoisotopic (exact) mass is 448 g/mol. The summed E-state index contributed by atoms with van der Waals surface area (Å²) in [6, 6.07) is 0. The van der Waals surface area contributed by atoms with Gasteiger partial charge in [0.25, 0.3) is 12.6 Å². The molecular formula is C26H40O6. The van der Waals surface area contributed by atoms with Crippen molar-refractivity contribution in [1.29, 1.82) is 0 Å². The van der Waals surface area contributed by atoms with Crippen molar-refractivity contribution < 1.29 is 28.5 Å². The van der Waals surface area contributed by atoms with Crippen LogP contribution in [-0.4, -0.2) is 37.7 Å². The van der Waals surface area contributed by atoms with Crippen LogP contribution in [0.25, 0.3) is 0 Å². The van der Waals surface area contributed by atoms with E-state index in [9.17, 15) is 9.59 Å². The maximum Gasteiger partial charge on any atom is 0.308 e. The molecule has 0 aromatic rings. The van der Waals surface area contributed by atoms with Gasteiger partial charge >= 0.3 is 11.9 Å². The largest absolute Gasteiger partial charge is 0.429 e. The summed E-state index contributed by atoms with van der Waals surface area (Å²) in [7, 11) is 0. The molecule has 1 aliphatic heterocycles. The zero-order valence-corrected chi connectivity index (χ0v) is 19.5. The van der Waals surface area contributed by atoms with Gasteiger partial charge in [-0.3, -0.25) is 9.59 Å². The molecule has 6 heteroatoms. The summed E-state index contributed by atoms with van der Waals surface area (Å²) in [6.45, 7) is 0.590. The van der Waals surface area contributed by atoms with Gasteiger partial charge in [-0.05, 0) is 25.7 Å². The lowest BCUT2D eigenvalue weighted by molar-refractivity contribution is -0.302. The second-order valence-corrected chi connectivity index (χ2v) is 8.11. The molecule has 32 heavy (non-hydrogen) atoms. The molecule has 0 amide bonds. The highest BCUT2D eigenvalue weighted by Crippen LogP contribution is 2.17. The molecule has 0 aromatic carbocycles. The molecule has 0 saturated carbocycles. The Labute approximate surface area is 194 Å². The highest BCUT2D eigenvalue weighted by atomic mass is 16.8. The van der Waals surface area contributed by atoms with Crippen LogP contribution in [0.2, 0.25) is 0 Å². The minimum Gasteiger partial charge on any atom is -0.429 e. The third-order valence-corrected chi connectivity index (χ3v) is 5.27. The van der Waals surface area contributed by atoms with E-state index in [1.54, 1.807) is 0 Å². The third kappa shape index (κ3) is 14.9. The standard InChI is InChI=1S/C26H40O6/c1-3-5-7-9-11-13-15-17-19-23(27)31-25-26(30-22-21-29-25)32-24(28)20-18-16-14-12-10-8-6-4-2/h1-2,25-26H,5-22H2. The molecule has 6 nitrogen and oxygen atoms in total. The predicted octanol–water partition coefficient (Wildman–Crippen LogP) is 5.28. The Balaban J connectivity index is 2.15. The Kier molecular flexibility index (Phi) is 17.2. The zero-order chi connectivity index (χ0) is 23.3. The minimum atomic E-state index is -1.000. The van der Waals surface area contributed by atoms with Gasteiger partial charge in [0.15, 0.2) is 0 Å². The van der Waals surface area contributed by atoms with Gasteiger partial charge in [0.1, 0.15) is 0 Å². The molecular weight excluding hydrogens is 408 g/mol. The van der Waals surface area contributed by atoms with Crippen LogP contribution in [0, 0.1) is 24.7 Å². The fraction of sp³-hybridized carbons (Fsp3) is 0.769. The molecule has 1 saturated heterocycles. The summed E-state index contributed by atoms with van der Waals surface area (Å²) in [5.41, 5.74) is 0. The summed E-state index contributed by atoms with van der Waals surface area (Å²) in [4.78, 5) is 24.2. The molecule has 1 heterocycles. The van der Waals surface area contributed by atoms with Gasteiger partial charge in [0.05, 0.1) is 13.2 Å². The van der Waals surface area contributed by atoms with Gasteiger partial charge in [0.2, 0.25) is 0 Å². The number of unbranched alkanes of at least 4 members (excludes halogenated alkanes) is 12. The molecule has 0 N–H and O–H groups in total. The molecule has 2 unspecified atom stereocenters. The first kappa shape index (κ1) is 28.0. The van der Waals surface area contributed by atoms with Crippen LogP contribution >= 0.6 is 0 Å². The first-order valence-electron chi connectivity index (χ1n) is 12.2. The number of terminal acetylenes is 2. The van der Waals surface area contributed by atoms with Crippen LogP contribution in [0.15, 0.2) is 0 Å². The van der Waals surface area contributed by atoms with E-state index in [0.717, 1.165) is 89.9 Å². The molecule has 0 radical (unpaired) electrons. The summed E-state index contributed by atoms with van der Waals surface area (Å²) >= 11 is 0. The number of hydrogen-bond donors (Lipinski definition) is 0. The second-order valence-electron chi connectivity index (χ2n) is 8.11. The van der Waals surface area contributed by atoms with E-state index in [-0.39, 0.29) is 11.9 Å². The van der Waals surface area contributed by atoms with Crippen molar-refractivity contribution in [2.45, 2.75) is 115 Å². The molecule has 0 spiro atoms. The molecule has 1 rings (SSSR count). The Morgan fingerprint density at radius 1 is 0.625 bits per heavy atom. The van der Waals surface area contributed by atoms with E-state index in [2.05, 4.69) is 11.8 Å². The van der Waals surface area contributed by atoms with Crippen molar-refractivity contribution in [2.75, 3.05) is 13.2 Å². The summed E-state index contributed by atoms with van der Waals surface area (Å²) in [5, 5.41) is 0. The quantitative estimate of drug-likeness (QED) is 0.161. The first-order valence-corrected chi connectivity index (χ1v) is 12.2. The van der Waals surface area contributed by atoms with Gasteiger partial charge in [0, 0.05) is 25.7 Å². The van der Waals surface area contributed by atoms with Crippen molar-refractivity contribution in [1.82, 2.24) is 0 Å². The van der Waals surface area contributed by atoms with Crippen molar-refractivity contribution in [3.05, 3.63) is 0 Å². The highest BCUT2D eigenvalue weighted by molar-refractivity contribution is 5.70. The number of ether oxygens (including phenoxy) is 4. The number of hydrogen-bond acceptors (Lipinski definition) is 6. The third-order valence-electron chi connectivity index (χ3n) is 5.27. The van der Waals surface area contributed by atoms with E-state index >= 15 is 0 Å².